The lowest BCUT2D eigenvalue weighted by Crippen LogP contribution is -2.59. The van der Waals surface area contributed by atoms with E-state index in [-0.39, 0.29) is 12.5 Å². The Morgan fingerprint density at radius 1 is 0.864 bits per heavy atom. The van der Waals surface area contributed by atoms with Crippen LogP contribution in [0.4, 0.5) is 5.69 Å². The Kier molecular flexibility index (Phi) is 9.85. The maximum atomic E-state index is 12.4. The first kappa shape index (κ1) is 32.7. The van der Waals surface area contributed by atoms with Crippen LogP contribution in [-0.2, 0) is 54.1 Å². The largest absolute Gasteiger partial charge is 0.476 e. The van der Waals surface area contributed by atoms with Gasteiger partial charge in [0.15, 0.2) is 23.9 Å². The van der Waals surface area contributed by atoms with E-state index in [0.717, 1.165) is 19.4 Å². The maximum absolute atomic E-state index is 12.4. The van der Waals surface area contributed by atoms with Gasteiger partial charge in [-0.2, -0.15) is 0 Å². The fraction of sp³-hybridized carbons (Fsp3) is 0.452. The predicted molar refractivity (Wildman–Crippen MR) is 155 cm³/mol. The number of benzene rings is 2. The average molecular weight is 632 g/mol. The number of amides is 1. The van der Waals surface area contributed by atoms with Crippen molar-refractivity contribution >= 4 is 47.1 Å². The summed E-state index contributed by atoms with van der Waals surface area (Å²) in [5.41, 5.74) is 1.50. The number of carbonyl (C=O) groups excluding carboxylic acids is 5. The second-order valence-corrected chi connectivity index (χ2v) is 11.5. The number of rotatable bonds is 8. The molecule has 0 aromatic heterocycles. The molecular formula is C31H34ClNO11. The predicted octanol–water partition coefficient (Wildman–Crippen LogP) is 3.84. The van der Waals surface area contributed by atoms with Crippen molar-refractivity contribution < 1.29 is 52.4 Å². The second kappa shape index (κ2) is 13.2. The molecule has 1 saturated heterocycles. The number of hydrogen-bond donors (Lipinski definition) is 1. The van der Waals surface area contributed by atoms with Crippen LogP contribution in [0, 0.1) is 0 Å². The van der Waals surface area contributed by atoms with E-state index in [9.17, 15) is 24.0 Å². The Morgan fingerprint density at radius 2 is 1.50 bits per heavy atom. The molecule has 2 aliphatic rings. The molecule has 1 amide bonds. The Bertz CT molecular complexity index is 1470. The number of anilines is 1. The molecule has 0 unspecified atom stereocenters. The van der Waals surface area contributed by atoms with Crippen LogP contribution in [-0.4, -0.2) is 66.4 Å². The quantitative estimate of drug-likeness (QED) is 0.334. The molecule has 4 rings (SSSR count). The molecule has 1 fully saturated rings. The van der Waals surface area contributed by atoms with Gasteiger partial charge in [0.05, 0.1) is 5.69 Å². The van der Waals surface area contributed by atoms with Gasteiger partial charge >= 0.3 is 23.9 Å². The lowest BCUT2D eigenvalue weighted by Gasteiger charge is -2.44. The Labute approximate surface area is 259 Å². The highest BCUT2D eigenvalue weighted by atomic mass is 35.5. The standard InChI is InChI=1S/C31H34ClNO11/c1-15(34)39-14-25-27(40-16(2)35)29(42-18(4)37)28(41-17(3)36)26(43-25)20-8-9-22(32)21(13-20)11-19-7-10-24-23(12-19)33-30(38)31(5,6)44-24/h7-10,12-13,25-29H,11,14H2,1-6H3,(H,33,38)/t25-,26+,27-,28+,29+/m1/s1. The molecule has 0 saturated carbocycles. The number of ether oxygens (including phenoxy) is 6. The lowest BCUT2D eigenvalue weighted by atomic mass is 9.89. The number of hydrogen-bond acceptors (Lipinski definition) is 11. The third-order valence-electron chi connectivity index (χ3n) is 6.99. The van der Waals surface area contributed by atoms with Gasteiger partial charge in [-0.3, -0.25) is 24.0 Å². The molecule has 0 aliphatic carbocycles. The van der Waals surface area contributed by atoms with Gasteiger partial charge in [-0.05, 0) is 55.2 Å². The fourth-order valence-corrected chi connectivity index (χ4v) is 5.28. The number of carbonyl (C=O) groups is 5. The molecule has 2 aliphatic heterocycles. The van der Waals surface area contributed by atoms with Gasteiger partial charge in [0.2, 0.25) is 0 Å². The summed E-state index contributed by atoms with van der Waals surface area (Å²) in [6.07, 6.45) is -5.61. The zero-order valence-corrected chi connectivity index (χ0v) is 25.9. The molecule has 0 radical (unpaired) electrons. The van der Waals surface area contributed by atoms with Crippen molar-refractivity contribution in [3.05, 3.63) is 58.1 Å². The monoisotopic (exact) mass is 631 g/mol. The van der Waals surface area contributed by atoms with Crippen LogP contribution >= 0.6 is 11.6 Å². The van der Waals surface area contributed by atoms with Gasteiger partial charge in [0, 0.05) is 32.7 Å². The van der Waals surface area contributed by atoms with E-state index in [2.05, 4.69) is 5.32 Å². The normalized spacial score (nSPS) is 23.7. The summed E-state index contributed by atoms with van der Waals surface area (Å²) in [7, 11) is 0. The van der Waals surface area contributed by atoms with Crippen LogP contribution in [0.5, 0.6) is 5.75 Å². The highest BCUT2D eigenvalue weighted by Gasteiger charge is 2.52. The summed E-state index contributed by atoms with van der Waals surface area (Å²) in [6, 6.07) is 10.5. The number of fused-ring (bicyclic) bond motifs is 1. The fourth-order valence-electron chi connectivity index (χ4n) is 5.09. The number of nitrogens with one attached hydrogen (secondary N) is 1. The molecule has 236 valence electrons. The Morgan fingerprint density at radius 3 is 2.14 bits per heavy atom. The van der Waals surface area contributed by atoms with Crippen LogP contribution in [0.2, 0.25) is 5.02 Å². The SMILES string of the molecule is CC(=O)OC[C@H]1O[C@@H](c2ccc(Cl)c(Cc3ccc4c(c3)NC(=O)C(C)(C)O4)c2)[C@H](OC(C)=O)[C@@H](OC(C)=O)[C@@H]1OC(C)=O. The number of halogens is 1. The molecule has 2 aromatic carbocycles. The van der Waals surface area contributed by atoms with E-state index >= 15 is 0 Å². The minimum absolute atomic E-state index is 0.272. The minimum atomic E-state index is -1.30. The van der Waals surface area contributed by atoms with E-state index in [1.165, 1.54) is 13.8 Å². The van der Waals surface area contributed by atoms with E-state index in [1.54, 1.807) is 44.2 Å². The van der Waals surface area contributed by atoms with Crippen molar-refractivity contribution in [1.29, 1.82) is 0 Å². The first-order valence-electron chi connectivity index (χ1n) is 13.9. The van der Waals surface area contributed by atoms with E-state index < -0.39 is 60.0 Å². The molecule has 2 aromatic rings. The second-order valence-electron chi connectivity index (χ2n) is 11.0. The van der Waals surface area contributed by atoms with Gasteiger partial charge in [-0.15, -0.1) is 0 Å². The molecule has 12 nitrogen and oxygen atoms in total. The third-order valence-corrected chi connectivity index (χ3v) is 7.36. The van der Waals surface area contributed by atoms with Gasteiger partial charge in [0.1, 0.15) is 24.6 Å². The van der Waals surface area contributed by atoms with E-state index in [4.69, 9.17) is 40.0 Å². The van der Waals surface area contributed by atoms with Crippen molar-refractivity contribution in [2.45, 2.75) is 84.1 Å². The molecule has 0 bridgehead atoms. The summed E-state index contributed by atoms with van der Waals surface area (Å²) in [5.74, 6) is -2.48. The summed E-state index contributed by atoms with van der Waals surface area (Å²) in [4.78, 5) is 60.5. The molecule has 1 N–H and O–H groups in total. The van der Waals surface area contributed by atoms with Crippen LogP contribution in [0.3, 0.4) is 0 Å². The van der Waals surface area contributed by atoms with Crippen LogP contribution in [0.15, 0.2) is 36.4 Å². The first-order valence-corrected chi connectivity index (χ1v) is 14.2. The van der Waals surface area contributed by atoms with Crippen molar-refractivity contribution in [3.8, 4) is 5.75 Å². The molecule has 44 heavy (non-hydrogen) atoms. The van der Waals surface area contributed by atoms with Crippen LogP contribution < -0.4 is 10.1 Å². The van der Waals surface area contributed by atoms with Gasteiger partial charge in [0.25, 0.3) is 5.91 Å². The molecule has 13 heteroatoms. The molecular weight excluding hydrogens is 598 g/mol. The third kappa shape index (κ3) is 7.67. The van der Waals surface area contributed by atoms with Gasteiger partial charge in [-0.1, -0.05) is 29.8 Å². The Balaban J connectivity index is 1.72. The minimum Gasteiger partial charge on any atom is -0.476 e. The van der Waals surface area contributed by atoms with Crippen LogP contribution in [0.25, 0.3) is 0 Å². The van der Waals surface area contributed by atoms with Gasteiger partial charge < -0.3 is 33.7 Å². The van der Waals surface area contributed by atoms with Crippen molar-refractivity contribution in [2.75, 3.05) is 11.9 Å². The highest BCUT2D eigenvalue weighted by Crippen LogP contribution is 2.40. The summed E-state index contributed by atoms with van der Waals surface area (Å²) < 4.78 is 33.9. The molecule has 0 spiro atoms. The average Bonchev–Trinajstić information content (AvgIpc) is 2.91. The zero-order chi connectivity index (χ0) is 32.3. The van der Waals surface area contributed by atoms with Crippen LogP contribution in [0.1, 0.15) is 64.3 Å². The molecule has 5 atom stereocenters. The van der Waals surface area contributed by atoms with Crippen molar-refractivity contribution in [2.24, 2.45) is 0 Å². The number of esters is 4. The van der Waals surface area contributed by atoms with E-state index in [0.29, 0.717) is 34.0 Å². The Hall–Kier alpha value is -4.16. The van der Waals surface area contributed by atoms with Crippen molar-refractivity contribution in [3.63, 3.8) is 0 Å². The maximum Gasteiger partial charge on any atom is 0.303 e. The summed E-state index contributed by atoms with van der Waals surface area (Å²) in [5, 5.41) is 3.29. The first-order chi connectivity index (χ1) is 20.6. The van der Waals surface area contributed by atoms with E-state index in [1.807, 2.05) is 6.07 Å². The summed E-state index contributed by atoms with van der Waals surface area (Å²) in [6.45, 7) is 7.72. The topological polar surface area (TPSA) is 153 Å². The summed E-state index contributed by atoms with van der Waals surface area (Å²) >= 11 is 6.60. The lowest BCUT2D eigenvalue weighted by molar-refractivity contribution is -0.254. The zero-order valence-electron chi connectivity index (χ0n) is 25.1. The highest BCUT2D eigenvalue weighted by molar-refractivity contribution is 6.31. The smallest absolute Gasteiger partial charge is 0.303 e. The molecule has 2 heterocycles. The van der Waals surface area contributed by atoms with Gasteiger partial charge in [-0.25, -0.2) is 0 Å². The van der Waals surface area contributed by atoms with Crippen molar-refractivity contribution in [1.82, 2.24) is 0 Å².